The monoisotopic (exact) mass is 498 g/mol. The van der Waals surface area contributed by atoms with E-state index in [1.165, 1.54) is 0 Å². The smallest absolute Gasteiger partial charge is 0.387 e. The topological polar surface area (TPSA) is 82.1 Å². The molecule has 0 saturated carbocycles. The molecule has 1 amide bonds. The van der Waals surface area contributed by atoms with Crippen molar-refractivity contribution in [1.82, 2.24) is 19.9 Å². The molecule has 1 aromatic carbocycles. The molecule has 1 aliphatic heterocycles. The highest BCUT2D eigenvalue weighted by atomic mass is 35.5. The summed E-state index contributed by atoms with van der Waals surface area (Å²) < 4.78 is 38.8. The molecule has 5 rings (SSSR count). The van der Waals surface area contributed by atoms with Crippen LogP contribution in [0.15, 0.2) is 18.5 Å². The number of aryl methyl sites for hydroxylation is 1. The predicted octanol–water partition coefficient (Wildman–Crippen LogP) is 4.65. The van der Waals surface area contributed by atoms with Gasteiger partial charge < -0.3 is 15.0 Å². The quantitative estimate of drug-likeness (QED) is 0.538. The van der Waals surface area contributed by atoms with Crippen LogP contribution < -0.4 is 0 Å². The number of aromatic nitrogens is 3. The number of nitrogens with one attached hydrogen (secondary N) is 1. The van der Waals surface area contributed by atoms with Crippen molar-refractivity contribution in [3.8, 4) is 11.1 Å². The number of H-pyrrole nitrogens is 1. The first-order valence-electron chi connectivity index (χ1n) is 10.4. The summed E-state index contributed by atoms with van der Waals surface area (Å²) >= 11 is 12.9. The van der Waals surface area contributed by atoms with E-state index in [1.54, 1.807) is 11.0 Å². The van der Waals surface area contributed by atoms with E-state index in [9.17, 15) is 23.1 Å². The molecule has 1 spiro atoms. The van der Waals surface area contributed by atoms with Crippen LogP contribution in [0.2, 0.25) is 10.0 Å². The minimum atomic E-state index is -4.63. The van der Waals surface area contributed by atoms with Crippen molar-refractivity contribution in [3.63, 3.8) is 0 Å². The van der Waals surface area contributed by atoms with Crippen LogP contribution >= 0.6 is 23.2 Å². The zero-order valence-corrected chi connectivity index (χ0v) is 18.8. The number of hydrogen-bond donors (Lipinski definition) is 2. The van der Waals surface area contributed by atoms with Gasteiger partial charge in [-0.15, -0.1) is 0 Å². The Morgan fingerprint density at radius 3 is 2.64 bits per heavy atom. The Bertz CT molecular complexity index is 1260. The van der Waals surface area contributed by atoms with Gasteiger partial charge in [-0.2, -0.15) is 13.2 Å². The lowest BCUT2D eigenvalue weighted by Gasteiger charge is -2.33. The maximum atomic E-state index is 12.9. The highest BCUT2D eigenvalue weighted by Gasteiger charge is 2.43. The van der Waals surface area contributed by atoms with Crippen LogP contribution in [0.4, 0.5) is 13.2 Å². The number of halogens is 5. The minimum Gasteiger partial charge on any atom is -0.387 e. The number of aromatic amines is 1. The Morgan fingerprint density at radius 1 is 1.24 bits per heavy atom. The molecule has 1 fully saturated rings. The molecule has 1 saturated heterocycles. The number of likely N-dealkylation sites (tertiary alicyclic amines) is 1. The molecular weight excluding hydrogens is 480 g/mol. The molecule has 1 unspecified atom stereocenters. The number of carbonyl (C=O) groups is 1. The number of nitrogens with zero attached hydrogens (tertiary/aromatic N) is 3. The molecule has 2 aromatic heterocycles. The fourth-order valence-electron chi connectivity index (χ4n) is 5.13. The average molecular weight is 499 g/mol. The lowest BCUT2D eigenvalue weighted by Crippen LogP contribution is -2.36. The Morgan fingerprint density at radius 2 is 1.97 bits per heavy atom. The van der Waals surface area contributed by atoms with E-state index < -0.39 is 18.6 Å². The first kappa shape index (κ1) is 22.4. The van der Waals surface area contributed by atoms with E-state index in [-0.39, 0.29) is 16.3 Å². The Labute approximate surface area is 196 Å². The maximum absolute atomic E-state index is 12.9. The molecule has 1 atom stereocenters. The van der Waals surface area contributed by atoms with Gasteiger partial charge in [0.2, 0.25) is 11.7 Å². The third-order valence-electron chi connectivity index (χ3n) is 6.76. The highest BCUT2D eigenvalue weighted by Crippen LogP contribution is 2.48. The number of aliphatic hydroxyl groups is 1. The van der Waals surface area contributed by atoms with E-state index >= 15 is 0 Å². The van der Waals surface area contributed by atoms with Gasteiger partial charge in [0, 0.05) is 42.1 Å². The van der Waals surface area contributed by atoms with E-state index in [0.717, 1.165) is 48.3 Å². The third kappa shape index (κ3) is 3.76. The van der Waals surface area contributed by atoms with Crippen molar-refractivity contribution in [3.05, 3.63) is 45.6 Å². The van der Waals surface area contributed by atoms with Gasteiger partial charge in [-0.05, 0) is 48.3 Å². The standard InChI is InChI=1S/C22H19Cl2F3N4O2/c23-14-5-12(11-7-28-20(29-8-11)22(25,26)27)17-13-6-21(3-4-31(10-21)16(33)9-32)2-1-15(13)30-19(17)18(14)24/h5,7-8,30,32H,1-4,6,9-10H2. The molecule has 3 aromatic rings. The zero-order chi connectivity index (χ0) is 23.5. The van der Waals surface area contributed by atoms with Gasteiger partial charge in [-0.3, -0.25) is 4.79 Å². The third-order valence-corrected chi connectivity index (χ3v) is 7.55. The van der Waals surface area contributed by atoms with E-state index in [2.05, 4.69) is 15.0 Å². The molecule has 6 nitrogen and oxygen atoms in total. The van der Waals surface area contributed by atoms with Gasteiger partial charge >= 0.3 is 6.18 Å². The number of alkyl halides is 3. The van der Waals surface area contributed by atoms with E-state index in [4.69, 9.17) is 23.2 Å². The van der Waals surface area contributed by atoms with Crippen molar-refractivity contribution in [2.75, 3.05) is 19.7 Å². The molecule has 1 aliphatic carbocycles. The van der Waals surface area contributed by atoms with E-state index in [1.807, 2.05) is 0 Å². The van der Waals surface area contributed by atoms with E-state index in [0.29, 0.717) is 41.2 Å². The SMILES string of the molecule is O=C(CO)N1CCC2(CCc3[nH]c4c(Cl)c(Cl)cc(-c5cnc(C(F)(F)F)nc5)c4c3C2)C1. The second-order valence-electron chi connectivity index (χ2n) is 8.75. The van der Waals surface area contributed by atoms with Gasteiger partial charge in [-0.25, -0.2) is 9.97 Å². The maximum Gasteiger partial charge on any atom is 0.451 e. The summed E-state index contributed by atoms with van der Waals surface area (Å²) in [4.78, 5) is 24.1. The van der Waals surface area contributed by atoms with Crippen molar-refractivity contribution in [2.24, 2.45) is 5.41 Å². The van der Waals surface area contributed by atoms with Crippen LogP contribution in [0.3, 0.4) is 0 Å². The lowest BCUT2D eigenvalue weighted by atomic mass is 9.72. The molecule has 33 heavy (non-hydrogen) atoms. The summed E-state index contributed by atoms with van der Waals surface area (Å²) in [5, 5.41) is 10.6. The molecule has 3 heterocycles. The molecule has 174 valence electrons. The Balaban J connectivity index is 1.61. The summed E-state index contributed by atoms with van der Waals surface area (Å²) in [6, 6.07) is 1.63. The summed E-state index contributed by atoms with van der Waals surface area (Å²) in [6.07, 6.45) is 0.739. The molecule has 2 aliphatic rings. The number of hydrogen-bond acceptors (Lipinski definition) is 4. The van der Waals surface area contributed by atoms with Gasteiger partial charge in [0.05, 0.1) is 15.6 Å². The summed E-state index contributed by atoms with van der Waals surface area (Å²) in [5.41, 5.74) is 3.51. The predicted molar refractivity (Wildman–Crippen MR) is 117 cm³/mol. The highest BCUT2D eigenvalue weighted by molar-refractivity contribution is 6.45. The fraction of sp³-hybridized carbons (Fsp3) is 0.409. The second kappa shape index (κ2) is 7.85. The summed E-state index contributed by atoms with van der Waals surface area (Å²) in [7, 11) is 0. The summed E-state index contributed by atoms with van der Waals surface area (Å²) in [6.45, 7) is 0.627. The number of fused-ring (bicyclic) bond motifs is 3. The first-order valence-corrected chi connectivity index (χ1v) is 11.2. The van der Waals surface area contributed by atoms with Gasteiger partial charge in [-0.1, -0.05) is 23.2 Å². The Kier molecular flexibility index (Phi) is 5.34. The van der Waals surface area contributed by atoms with Crippen molar-refractivity contribution in [2.45, 2.75) is 31.9 Å². The first-order chi connectivity index (χ1) is 15.6. The Hall–Kier alpha value is -2.36. The normalized spacial score (nSPS) is 20.6. The minimum absolute atomic E-state index is 0.132. The molecule has 0 bridgehead atoms. The van der Waals surface area contributed by atoms with Gasteiger partial charge in [0.1, 0.15) is 6.61 Å². The van der Waals surface area contributed by atoms with Crippen molar-refractivity contribution >= 4 is 40.0 Å². The average Bonchev–Trinajstić information content (AvgIpc) is 3.37. The van der Waals surface area contributed by atoms with Crippen LogP contribution in [-0.4, -0.2) is 50.6 Å². The molecule has 11 heteroatoms. The molecular formula is C22H19Cl2F3N4O2. The van der Waals surface area contributed by atoms with Gasteiger partial charge in [0.25, 0.3) is 0 Å². The second-order valence-corrected chi connectivity index (χ2v) is 9.53. The molecule has 2 N–H and O–H groups in total. The van der Waals surface area contributed by atoms with Crippen molar-refractivity contribution in [1.29, 1.82) is 0 Å². The van der Waals surface area contributed by atoms with Crippen LogP contribution in [0.1, 0.15) is 29.9 Å². The lowest BCUT2D eigenvalue weighted by molar-refractivity contribution is -0.145. The summed E-state index contributed by atoms with van der Waals surface area (Å²) in [5.74, 6) is -1.49. The number of benzene rings is 1. The van der Waals surface area contributed by atoms with Gasteiger partial charge in [0.15, 0.2) is 0 Å². The fourth-order valence-corrected chi connectivity index (χ4v) is 5.53. The molecule has 0 radical (unpaired) electrons. The number of amides is 1. The zero-order valence-electron chi connectivity index (χ0n) is 17.3. The number of carbonyl (C=O) groups excluding carboxylic acids is 1. The number of aliphatic hydroxyl groups excluding tert-OH is 1. The van der Waals surface area contributed by atoms with Crippen LogP contribution in [0.25, 0.3) is 22.0 Å². The largest absolute Gasteiger partial charge is 0.451 e. The number of rotatable bonds is 2. The van der Waals surface area contributed by atoms with Crippen molar-refractivity contribution < 1.29 is 23.1 Å². The van der Waals surface area contributed by atoms with Crippen LogP contribution in [0.5, 0.6) is 0 Å². The van der Waals surface area contributed by atoms with Crippen LogP contribution in [-0.2, 0) is 23.8 Å². The van der Waals surface area contributed by atoms with Crippen LogP contribution in [0, 0.1) is 5.41 Å².